The van der Waals surface area contributed by atoms with Crippen LogP contribution in [0, 0.1) is 29.1 Å². The summed E-state index contributed by atoms with van der Waals surface area (Å²) in [6.07, 6.45) is 10.0. The summed E-state index contributed by atoms with van der Waals surface area (Å²) in [4.78, 5) is 4.56. The lowest BCUT2D eigenvalue weighted by molar-refractivity contribution is 0.124. The molecule has 0 unspecified atom stereocenters. The molecule has 0 saturated heterocycles. The van der Waals surface area contributed by atoms with Crippen molar-refractivity contribution >= 4 is 6.21 Å². The van der Waals surface area contributed by atoms with Gasteiger partial charge < -0.3 is 4.84 Å². The maximum absolute atomic E-state index is 13.3. The number of oxime groups is 1. The van der Waals surface area contributed by atoms with Crippen LogP contribution in [-0.2, 0) is 11.4 Å². The van der Waals surface area contributed by atoms with Crippen molar-refractivity contribution in [2.75, 3.05) is 0 Å². The Balaban J connectivity index is 2.47. The molecule has 1 rings (SSSR count). The number of unbranched alkanes of at least 4 members (excludes halogenated alkanes) is 4. The van der Waals surface area contributed by atoms with Gasteiger partial charge in [-0.15, -0.1) is 0 Å². The summed E-state index contributed by atoms with van der Waals surface area (Å²) in [5, 5.41) is 3.38. The Labute approximate surface area is 131 Å². The number of hydrogen-bond donors (Lipinski definition) is 0. The smallest absolute Gasteiger partial charge is 0.200 e. The van der Waals surface area contributed by atoms with E-state index in [2.05, 4.69) is 16.9 Å². The second-order valence-electron chi connectivity index (χ2n) is 4.85. The maximum Gasteiger partial charge on any atom is 0.200 e. The lowest BCUT2D eigenvalue weighted by Crippen LogP contribution is -2.07. The van der Waals surface area contributed by atoms with Gasteiger partial charge in [0.1, 0.15) is 6.61 Å². The van der Waals surface area contributed by atoms with Gasteiger partial charge in [-0.3, -0.25) is 0 Å². The van der Waals surface area contributed by atoms with E-state index >= 15 is 0 Å². The van der Waals surface area contributed by atoms with Gasteiger partial charge >= 0.3 is 0 Å². The van der Waals surface area contributed by atoms with Crippen molar-refractivity contribution in [1.29, 1.82) is 0 Å². The van der Waals surface area contributed by atoms with Crippen molar-refractivity contribution in [3.63, 3.8) is 0 Å². The molecular weight excluding hydrogens is 317 g/mol. The van der Waals surface area contributed by atoms with Crippen molar-refractivity contribution in [3.05, 3.63) is 46.8 Å². The minimum atomic E-state index is -2.20. The van der Waals surface area contributed by atoms with Crippen molar-refractivity contribution in [3.8, 4) is 0 Å². The Morgan fingerprint density at radius 1 is 0.870 bits per heavy atom. The largest absolute Gasteiger partial charge is 0.391 e. The lowest BCUT2D eigenvalue weighted by atomic mass is 10.1. The zero-order valence-electron chi connectivity index (χ0n) is 12.7. The zero-order valence-corrected chi connectivity index (χ0v) is 12.7. The third-order valence-electron chi connectivity index (χ3n) is 3.09. The molecule has 0 atom stereocenters. The van der Waals surface area contributed by atoms with E-state index in [4.69, 9.17) is 0 Å². The van der Waals surface area contributed by atoms with Gasteiger partial charge in [0.25, 0.3) is 0 Å². The first kappa shape index (κ1) is 19.1. The zero-order chi connectivity index (χ0) is 17.2. The molecule has 1 aromatic rings. The summed E-state index contributed by atoms with van der Waals surface area (Å²) in [6, 6.07) is 0. The van der Waals surface area contributed by atoms with E-state index in [1.807, 2.05) is 6.08 Å². The average molecular weight is 335 g/mol. The number of rotatable bonds is 9. The van der Waals surface area contributed by atoms with Crippen molar-refractivity contribution in [2.45, 2.75) is 45.6 Å². The first-order valence-electron chi connectivity index (χ1n) is 7.31. The molecule has 2 nitrogen and oxygen atoms in total. The van der Waals surface area contributed by atoms with Gasteiger partial charge in [-0.2, -0.15) is 0 Å². The van der Waals surface area contributed by atoms with Crippen molar-refractivity contribution in [2.24, 2.45) is 5.16 Å². The van der Waals surface area contributed by atoms with Crippen LogP contribution in [0.4, 0.5) is 22.0 Å². The summed E-state index contributed by atoms with van der Waals surface area (Å²) < 4.78 is 65.3. The summed E-state index contributed by atoms with van der Waals surface area (Å²) in [6.45, 7) is 1.26. The molecule has 0 radical (unpaired) electrons. The topological polar surface area (TPSA) is 21.6 Å². The van der Waals surface area contributed by atoms with Gasteiger partial charge in [0.2, 0.25) is 5.82 Å². The molecule has 0 heterocycles. The molecule has 0 saturated carbocycles. The minimum Gasteiger partial charge on any atom is -0.391 e. The number of nitrogens with zero attached hydrogens (tertiary/aromatic N) is 1. The van der Waals surface area contributed by atoms with Crippen LogP contribution in [0.3, 0.4) is 0 Å². The van der Waals surface area contributed by atoms with Gasteiger partial charge in [-0.25, -0.2) is 22.0 Å². The molecule has 0 aliphatic rings. The molecular formula is C16H18F5NO. The highest BCUT2D eigenvalue weighted by atomic mass is 19.2. The van der Waals surface area contributed by atoms with Gasteiger partial charge in [-0.1, -0.05) is 37.4 Å². The summed E-state index contributed by atoms with van der Waals surface area (Å²) >= 11 is 0. The highest BCUT2D eigenvalue weighted by Crippen LogP contribution is 2.23. The second-order valence-corrected chi connectivity index (χ2v) is 4.85. The molecule has 1 aromatic carbocycles. The maximum atomic E-state index is 13.3. The molecule has 0 bridgehead atoms. The normalized spacial score (nSPS) is 11.7. The van der Waals surface area contributed by atoms with Crippen LogP contribution in [0.5, 0.6) is 0 Å². The molecule has 23 heavy (non-hydrogen) atoms. The SMILES string of the molecule is CCCCCC/C=C/C=N/OCc1c(F)c(F)c(F)c(F)c1F. The number of allylic oxidation sites excluding steroid dienone is 2. The Kier molecular flexibility index (Phi) is 8.29. The van der Waals surface area contributed by atoms with Gasteiger partial charge in [0, 0.05) is 0 Å². The van der Waals surface area contributed by atoms with Crippen molar-refractivity contribution < 1.29 is 26.8 Å². The molecule has 7 heteroatoms. The van der Waals surface area contributed by atoms with Crippen LogP contribution in [0.1, 0.15) is 44.6 Å². The Morgan fingerprint density at radius 3 is 2.09 bits per heavy atom. The second kappa shape index (κ2) is 9.97. The standard InChI is InChI=1S/C16H18F5NO/c1-2-3-4-5-6-7-8-9-22-23-10-11-12(17)14(19)16(21)15(20)13(11)18/h7-9H,2-6,10H2,1H3/b8-7+,22-9+. The monoisotopic (exact) mass is 335 g/mol. The molecule has 0 fully saturated rings. The fourth-order valence-corrected chi connectivity index (χ4v) is 1.80. The van der Waals surface area contributed by atoms with E-state index in [-0.39, 0.29) is 0 Å². The van der Waals surface area contributed by atoms with Crippen LogP contribution in [-0.4, -0.2) is 6.21 Å². The van der Waals surface area contributed by atoms with Crippen molar-refractivity contribution in [1.82, 2.24) is 0 Å². The van der Waals surface area contributed by atoms with Crippen LogP contribution in [0.2, 0.25) is 0 Å². The van der Waals surface area contributed by atoms with Crippen LogP contribution in [0.25, 0.3) is 0 Å². The van der Waals surface area contributed by atoms with Gasteiger partial charge in [0.05, 0.1) is 11.8 Å². The lowest BCUT2D eigenvalue weighted by Gasteiger charge is -2.06. The molecule has 0 aliphatic heterocycles. The Bertz CT molecular complexity index is 543. The van der Waals surface area contributed by atoms with Gasteiger partial charge in [0.15, 0.2) is 23.3 Å². The Hall–Kier alpha value is -1.92. The first-order chi connectivity index (χ1) is 11.0. The fraction of sp³-hybridized carbons (Fsp3) is 0.438. The van der Waals surface area contributed by atoms with Crippen LogP contribution >= 0.6 is 0 Å². The van der Waals surface area contributed by atoms with E-state index in [1.54, 1.807) is 6.08 Å². The van der Waals surface area contributed by atoms with E-state index in [1.165, 1.54) is 12.6 Å². The van der Waals surface area contributed by atoms with Crippen LogP contribution in [0.15, 0.2) is 17.3 Å². The molecule has 0 aliphatic carbocycles. The molecule has 128 valence electrons. The van der Waals surface area contributed by atoms with Gasteiger partial charge in [-0.05, 0) is 18.9 Å². The number of hydrogen-bond acceptors (Lipinski definition) is 2. The van der Waals surface area contributed by atoms with E-state index < -0.39 is 41.3 Å². The highest BCUT2D eigenvalue weighted by Gasteiger charge is 2.25. The predicted octanol–water partition coefficient (Wildman–Crippen LogP) is 5.41. The third kappa shape index (κ3) is 5.65. The summed E-state index contributed by atoms with van der Waals surface area (Å²) in [7, 11) is 0. The number of benzene rings is 1. The van der Waals surface area contributed by atoms with E-state index in [0.717, 1.165) is 25.7 Å². The predicted molar refractivity (Wildman–Crippen MR) is 77.4 cm³/mol. The third-order valence-corrected chi connectivity index (χ3v) is 3.09. The van der Waals surface area contributed by atoms with Crippen LogP contribution < -0.4 is 0 Å². The van der Waals surface area contributed by atoms with E-state index in [9.17, 15) is 22.0 Å². The Morgan fingerprint density at radius 2 is 1.48 bits per heavy atom. The highest BCUT2D eigenvalue weighted by molar-refractivity contribution is 5.70. The summed E-state index contributed by atoms with van der Waals surface area (Å²) in [5.41, 5.74) is -1.05. The minimum absolute atomic E-state index is 0.855. The summed E-state index contributed by atoms with van der Waals surface area (Å²) in [5.74, 6) is -10.0. The van der Waals surface area contributed by atoms with E-state index in [0.29, 0.717) is 0 Å². The molecule has 0 amide bonds. The quantitative estimate of drug-likeness (QED) is 0.148. The molecule has 0 aromatic heterocycles. The molecule has 0 spiro atoms. The molecule has 0 N–H and O–H groups in total. The number of halogens is 5. The first-order valence-corrected chi connectivity index (χ1v) is 7.31. The fourth-order valence-electron chi connectivity index (χ4n) is 1.80. The average Bonchev–Trinajstić information content (AvgIpc) is 2.55.